The van der Waals surface area contributed by atoms with Crippen LogP contribution in [0.1, 0.15) is 15.9 Å². The van der Waals surface area contributed by atoms with E-state index in [-0.39, 0.29) is 5.91 Å². The van der Waals surface area contributed by atoms with Crippen LogP contribution in [0.5, 0.6) is 0 Å². The average Bonchev–Trinajstić information content (AvgIpc) is 3.61. The lowest BCUT2D eigenvalue weighted by molar-refractivity contribution is 0.102. The number of rotatable bonds is 7. The molecule has 3 N–H and O–H groups in total. The van der Waals surface area contributed by atoms with Crippen molar-refractivity contribution in [2.75, 3.05) is 45.1 Å². The molecule has 3 aromatic carbocycles. The topological polar surface area (TPSA) is 92.9 Å². The summed E-state index contributed by atoms with van der Waals surface area (Å²) in [5.74, 6) is 0.554. The zero-order valence-electron chi connectivity index (χ0n) is 21.4. The van der Waals surface area contributed by atoms with Gasteiger partial charge in [-0.3, -0.25) is 9.89 Å². The van der Waals surface area contributed by atoms with Gasteiger partial charge in [0.25, 0.3) is 5.91 Å². The fourth-order valence-electron chi connectivity index (χ4n) is 4.89. The summed E-state index contributed by atoms with van der Waals surface area (Å²) < 4.78 is 0. The molecule has 6 rings (SSSR count). The van der Waals surface area contributed by atoms with E-state index < -0.39 is 0 Å². The van der Waals surface area contributed by atoms with E-state index in [0.717, 1.165) is 72.7 Å². The van der Waals surface area contributed by atoms with Crippen molar-refractivity contribution in [3.8, 4) is 22.6 Å². The van der Waals surface area contributed by atoms with Crippen molar-refractivity contribution in [3.63, 3.8) is 0 Å². The number of hydrogen-bond acceptors (Lipinski definition) is 5. The Kier molecular flexibility index (Phi) is 6.73. The number of piperazine rings is 1. The number of nitrogens with zero attached hydrogens (tertiary/aromatic N) is 4. The number of likely N-dealkylation sites (N-methyl/N-ethyl adjacent to an activating group) is 1. The lowest BCUT2D eigenvalue weighted by Crippen LogP contribution is -2.45. The smallest absolute Gasteiger partial charge is 0.255 e. The summed E-state index contributed by atoms with van der Waals surface area (Å²) in [6, 6.07) is 23.7. The Hall–Kier alpha value is -4.27. The third kappa shape index (κ3) is 5.22. The second-order valence-corrected chi connectivity index (χ2v) is 9.89. The molecule has 1 aliphatic heterocycles. The summed E-state index contributed by atoms with van der Waals surface area (Å²) >= 11 is 0. The molecule has 3 heterocycles. The SMILES string of the molecule is CN1CCN(CCc2ccc(NC(=O)c3ccc4nc(-c5cn[nH]c5-c5ccccc5)[nH]c4c3)cc2)CC1. The van der Waals surface area contributed by atoms with Gasteiger partial charge < -0.3 is 20.1 Å². The van der Waals surface area contributed by atoms with E-state index in [0.29, 0.717) is 11.4 Å². The Morgan fingerprint density at radius 2 is 1.76 bits per heavy atom. The summed E-state index contributed by atoms with van der Waals surface area (Å²) in [4.78, 5) is 26.0. The molecule has 0 unspecified atom stereocenters. The molecule has 192 valence electrons. The molecule has 1 amide bonds. The van der Waals surface area contributed by atoms with Crippen LogP contribution in [0.3, 0.4) is 0 Å². The number of imidazole rings is 1. The normalized spacial score (nSPS) is 14.7. The second-order valence-electron chi connectivity index (χ2n) is 9.89. The third-order valence-electron chi connectivity index (χ3n) is 7.23. The van der Waals surface area contributed by atoms with Gasteiger partial charge in [-0.05, 0) is 49.4 Å². The maximum absolute atomic E-state index is 13.0. The maximum atomic E-state index is 13.0. The zero-order chi connectivity index (χ0) is 25.9. The molecule has 0 atom stereocenters. The predicted molar refractivity (Wildman–Crippen MR) is 151 cm³/mol. The van der Waals surface area contributed by atoms with Crippen molar-refractivity contribution < 1.29 is 4.79 Å². The number of benzene rings is 3. The largest absolute Gasteiger partial charge is 0.338 e. The van der Waals surface area contributed by atoms with E-state index in [1.54, 1.807) is 12.3 Å². The number of carbonyl (C=O) groups is 1. The van der Waals surface area contributed by atoms with E-state index in [1.807, 2.05) is 54.6 Å². The average molecular weight is 506 g/mol. The lowest BCUT2D eigenvalue weighted by Gasteiger charge is -2.32. The molecule has 0 radical (unpaired) electrons. The van der Waals surface area contributed by atoms with E-state index in [2.05, 4.69) is 49.5 Å². The maximum Gasteiger partial charge on any atom is 0.255 e. The van der Waals surface area contributed by atoms with Gasteiger partial charge in [0.2, 0.25) is 0 Å². The molecular weight excluding hydrogens is 474 g/mol. The van der Waals surface area contributed by atoms with Crippen LogP contribution in [-0.4, -0.2) is 75.6 Å². The van der Waals surface area contributed by atoms with Gasteiger partial charge in [0.15, 0.2) is 0 Å². The summed E-state index contributed by atoms with van der Waals surface area (Å²) in [7, 11) is 2.18. The third-order valence-corrected chi connectivity index (χ3v) is 7.23. The zero-order valence-corrected chi connectivity index (χ0v) is 21.4. The molecule has 8 heteroatoms. The summed E-state index contributed by atoms with van der Waals surface area (Å²) in [6.07, 6.45) is 2.78. The minimum atomic E-state index is -0.151. The number of aromatic nitrogens is 4. The predicted octanol–water partition coefficient (Wildman–Crippen LogP) is 4.66. The van der Waals surface area contributed by atoms with Gasteiger partial charge >= 0.3 is 0 Å². The highest BCUT2D eigenvalue weighted by atomic mass is 16.1. The number of H-pyrrole nitrogens is 2. The van der Waals surface area contributed by atoms with Crippen molar-refractivity contribution in [1.82, 2.24) is 30.0 Å². The van der Waals surface area contributed by atoms with Gasteiger partial charge in [-0.1, -0.05) is 42.5 Å². The first-order valence-electron chi connectivity index (χ1n) is 13.0. The van der Waals surface area contributed by atoms with E-state index in [9.17, 15) is 4.79 Å². The van der Waals surface area contributed by atoms with Crippen molar-refractivity contribution in [2.45, 2.75) is 6.42 Å². The Morgan fingerprint density at radius 3 is 2.55 bits per heavy atom. The van der Waals surface area contributed by atoms with E-state index >= 15 is 0 Å². The fourth-order valence-corrected chi connectivity index (χ4v) is 4.89. The van der Waals surface area contributed by atoms with Crippen molar-refractivity contribution in [2.24, 2.45) is 0 Å². The highest BCUT2D eigenvalue weighted by Crippen LogP contribution is 2.29. The van der Waals surface area contributed by atoms with Crippen LogP contribution in [-0.2, 0) is 6.42 Å². The van der Waals surface area contributed by atoms with Crippen LogP contribution in [0.25, 0.3) is 33.7 Å². The van der Waals surface area contributed by atoms with Crippen LogP contribution in [0, 0.1) is 0 Å². The minimum absolute atomic E-state index is 0.151. The van der Waals surface area contributed by atoms with Gasteiger partial charge in [0.1, 0.15) is 5.82 Å². The lowest BCUT2D eigenvalue weighted by atomic mass is 10.1. The van der Waals surface area contributed by atoms with Crippen molar-refractivity contribution >= 4 is 22.6 Å². The number of nitrogens with one attached hydrogen (secondary N) is 3. The molecule has 0 saturated carbocycles. The summed E-state index contributed by atoms with van der Waals surface area (Å²) in [6.45, 7) is 5.59. The number of aromatic amines is 2. The van der Waals surface area contributed by atoms with Crippen molar-refractivity contribution in [1.29, 1.82) is 0 Å². The number of amides is 1. The van der Waals surface area contributed by atoms with Crippen LogP contribution < -0.4 is 5.32 Å². The number of hydrogen-bond donors (Lipinski definition) is 3. The molecule has 38 heavy (non-hydrogen) atoms. The van der Waals surface area contributed by atoms with E-state index in [1.165, 1.54) is 5.56 Å². The molecule has 0 aliphatic carbocycles. The standard InChI is InChI=1S/C30H31N7O/c1-36-15-17-37(18-16-36)14-13-21-7-10-24(11-8-21)32-30(38)23-9-12-26-27(19-23)34-29(33-26)25-20-31-35-28(25)22-5-3-2-4-6-22/h2-12,19-20H,13-18H2,1H3,(H,31,35)(H,32,38)(H,33,34). The molecule has 1 aliphatic rings. The molecule has 1 fully saturated rings. The Labute approximate surface area is 221 Å². The molecule has 0 spiro atoms. The van der Waals surface area contributed by atoms with Gasteiger partial charge in [-0.25, -0.2) is 4.98 Å². The molecule has 8 nitrogen and oxygen atoms in total. The number of anilines is 1. The van der Waals surface area contributed by atoms with Gasteiger partial charge in [0, 0.05) is 49.5 Å². The first kappa shape index (κ1) is 24.1. The Bertz CT molecular complexity index is 1530. The van der Waals surface area contributed by atoms with Crippen LogP contribution in [0.2, 0.25) is 0 Å². The summed E-state index contributed by atoms with van der Waals surface area (Å²) in [5, 5.41) is 10.3. The van der Waals surface area contributed by atoms with Crippen LogP contribution >= 0.6 is 0 Å². The van der Waals surface area contributed by atoms with Gasteiger partial charge in [0.05, 0.1) is 28.5 Å². The van der Waals surface area contributed by atoms with Crippen LogP contribution in [0.4, 0.5) is 5.69 Å². The number of carbonyl (C=O) groups excluding carboxylic acids is 1. The van der Waals surface area contributed by atoms with Gasteiger partial charge in [-0.2, -0.15) is 5.10 Å². The quantitative estimate of drug-likeness (QED) is 0.299. The monoisotopic (exact) mass is 505 g/mol. The molecule has 0 bridgehead atoms. The summed E-state index contributed by atoms with van der Waals surface area (Å²) in [5.41, 5.74) is 7.04. The van der Waals surface area contributed by atoms with Crippen molar-refractivity contribution in [3.05, 3.63) is 90.1 Å². The highest BCUT2D eigenvalue weighted by Gasteiger charge is 2.16. The first-order chi connectivity index (χ1) is 18.6. The molecular formula is C30H31N7O. The Balaban J connectivity index is 1.12. The second kappa shape index (κ2) is 10.6. The molecule has 5 aromatic rings. The highest BCUT2D eigenvalue weighted by molar-refractivity contribution is 6.06. The molecule has 1 saturated heterocycles. The fraction of sp³-hybridized carbons (Fsp3) is 0.233. The minimum Gasteiger partial charge on any atom is -0.338 e. The van der Waals surface area contributed by atoms with E-state index in [4.69, 9.17) is 4.98 Å². The number of fused-ring (bicyclic) bond motifs is 1. The van der Waals surface area contributed by atoms with Crippen LogP contribution in [0.15, 0.2) is 79.0 Å². The molecule has 2 aromatic heterocycles. The first-order valence-corrected chi connectivity index (χ1v) is 13.0. The Morgan fingerprint density at radius 1 is 0.974 bits per heavy atom. The van der Waals surface area contributed by atoms with Gasteiger partial charge in [-0.15, -0.1) is 0 Å².